The van der Waals surface area contributed by atoms with E-state index >= 15 is 0 Å². The third kappa shape index (κ3) is 1.25. The van der Waals surface area contributed by atoms with Crippen molar-refractivity contribution in [1.29, 1.82) is 0 Å². The Hall–Kier alpha value is -0.680. The van der Waals surface area contributed by atoms with E-state index in [9.17, 15) is 4.79 Å². The molecule has 0 spiro atoms. The molecular formula is C5H8N2O2S. The van der Waals surface area contributed by atoms with Gasteiger partial charge in [0, 0.05) is 0 Å². The predicted molar refractivity (Wildman–Crippen MR) is 39.3 cm³/mol. The predicted octanol–water partition coefficient (Wildman–Crippen LogP) is -1.26. The second kappa shape index (κ2) is 2.51. The summed E-state index contributed by atoms with van der Waals surface area (Å²) in [7, 11) is 0. The van der Waals surface area contributed by atoms with E-state index in [1.807, 2.05) is 0 Å². The van der Waals surface area contributed by atoms with E-state index < -0.39 is 12.1 Å². The Morgan fingerprint density at radius 2 is 2.40 bits per heavy atom. The van der Waals surface area contributed by atoms with Crippen LogP contribution >= 0.6 is 12.2 Å². The van der Waals surface area contributed by atoms with Gasteiger partial charge < -0.3 is 15.7 Å². The van der Waals surface area contributed by atoms with Crippen LogP contribution in [0.3, 0.4) is 0 Å². The number of rotatable bonds is 1. The maximum Gasteiger partial charge on any atom is 0.251 e. The summed E-state index contributed by atoms with van der Waals surface area (Å²) in [5.41, 5.74) is 0. The Labute approximate surface area is 63.6 Å². The minimum Gasteiger partial charge on any atom is -0.391 e. The van der Waals surface area contributed by atoms with Crippen LogP contribution in [0.4, 0.5) is 0 Å². The molecule has 0 bridgehead atoms. The summed E-state index contributed by atoms with van der Waals surface area (Å²) in [4.78, 5) is 10.8. The Morgan fingerprint density at radius 1 is 1.80 bits per heavy atom. The first-order valence-corrected chi connectivity index (χ1v) is 3.31. The minimum absolute atomic E-state index is 0.264. The lowest BCUT2D eigenvalue weighted by molar-refractivity contribution is -0.122. The zero-order chi connectivity index (χ0) is 7.72. The molecule has 0 aliphatic carbocycles. The molecule has 1 saturated heterocycles. The summed E-state index contributed by atoms with van der Waals surface area (Å²) < 4.78 is 0. The summed E-state index contributed by atoms with van der Waals surface area (Å²) in [6, 6.07) is -0.576. The van der Waals surface area contributed by atoms with Gasteiger partial charge in [-0.2, -0.15) is 0 Å². The molecule has 0 aromatic heterocycles. The smallest absolute Gasteiger partial charge is 0.251 e. The van der Waals surface area contributed by atoms with Crippen LogP contribution in [0.25, 0.3) is 0 Å². The molecule has 0 saturated carbocycles. The van der Waals surface area contributed by atoms with Crippen molar-refractivity contribution < 1.29 is 9.90 Å². The number of carbonyl (C=O) groups excluding carboxylic acids is 1. The van der Waals surface area contributed by atoms with Crippen LogP contribution < -0.4 is 10.6 Å². The molecule has 5 heteroatoms. The van der Waals surface area contributed by atoms with E-state index in [4.69, 9.17) is 5.11 Å². The van der Waals surface area contributed by atoms with Gasteiger partial charge in [-0.1, -0.05) is 0 Å². The number of aliphatic hydroxyl groups excluding tert-OH is 1. The van der Waals surface area contributed by atoms with Crippen molar-refractivity contribution in [2.24, 2.45) is 0 Å². The van der Waals surface area contributed by atoms with Crippen LogP contribution in [-0.2, 0) is 4.79 Å². The van der Waals surface area contributed by atoms with Gasteiger partial charge in [-0.3, -0.25) is 4.79 Å². The molecule has 1 aliphatic heterocycles. The summed E-state index contributed by atoms with van der Waals surface area (Å²) >= 11 is 4.64. The highest BCUT2D eigenvalue weighted by Gasteiger charge is 2.30. The second-order valence-corrected chi connectivity index (χ2v) is 2.59. The number of carbonyl (C=O) groups is 1. The number of hydrogen-bond acceptors (Lipinski definition) is 3. The third-order valence-electron chi connectivity index (χ3n) is 1.29. The van der Waals surface area contributed by atoms with Crippen LogP contribution in [0.5, 0.6) is 0 Å². The van der Waals surface area contributed by atoms with Gasteiger partial charge in [0.25, 0.3) is 5.91 Å². The van der Waals surface area contributed by atoms with Gasteiger partial charge in [0.15, 0.2) is 5.11 Å². The quantitative estimate of drug-likeness (QED) is 0.419. The van der Waals surface area contributed by atoms with Crippen molar-refractivity contribution >= 4 is 23.2 Å². The highest BCUT2D eigenvalue weighted by molar-refractivity contribution is 7.80. The molecule has 1 aliphatic rings. The van der Waals surface area contributed by atoms with Crippen molar-refractivity contribution in [3.05, 3.63) is 0 Å². The lowest BCUT2D eigenvalue weighted by Crippen LogP contribution is -2.38. The molecule has 2 atom stereocenters. The molecular weight excluding hydrogens is 152 g/mol. The monoisotopic (exact) mass is 160 g/mol. The maximum atomic E-state index is 10.8. The Morgan fingerprint density at radius 3 is 2.60 bits per heavy atom. The van der Waals surface area contributed by atoms with Gasteiger partial charge in [-0.25, -0.2) is 0 Å². The first-order chi connectivity index (χ1) is 4.61. The topological polar surface area (TPSA) is 61.4 Å². The average Bonchev–Trinajstić information content (AvgIpc) is 2.10. The SMILES string of the molecule is C[C@@H](O)[C@@H]1NC(=S)NC1=O. The zero-order valence-electron chi connectivity index (χ0n) is 5.42. The zero-order valence-corrected chi connectivity index (χ0v) is 6.23. The Bertz CT molecular complexity index is 180. The van der Waals surface area contributed by atoms with Gasteiger partial charge >= 0.3 is 0 Å². The van der Waals surface area contributed by atoms with E-state index in [2.05, 4.69) is 22.9 Å². The Kier molecular flexibility index (Phi) is 1.87. The molecule has 1 fully saturated rings. The number of hydrogen-bond donors (Lipinski definition) is 3. The molecule has 1 amide bonds. The molecule has 56 valence electrons. The number of aliphatic hydroxyl groups is 1. The molecule has 1 heterocycles. The summed E-state index contributed by atoms with van der Waals surface area (Å²) in [6.07, 6.45) is -0.708. The van der Waals surface area contributed by atoms with Crippen molar-refractivity contribution in [3.63, 3.8) is 0 Å². The normalized spacial score (nSPS) is 27.6. The highest BCUT2D eigenvalue weighted by atomic mass is 32.1. The van der Waals surface area contributed by atoms with E-state index in [1.54, 1.807) is 0 Å². The van der Waals surface area contributed by atoms with Crippen LogP contribution in [0.1, 0.15) is 6.92 Å². The van der Waals surface area contributed by atoms with E-state index in [0.717, 1.165) is 0 Å². The summed E-state index contributed by atoms with van der Waals surface area (Å²) in [5.74, 6) is -0.264. The molecule has 10 heavy (non-hydrogen) atoms. The van der Waals surface area contributed by atoms with Gasteiger partial charge in [-0.15, -0.1) is 0 Å². The van der Waals surface area contributed by atoms with Crippen LogP contribution in [0.15, 0.2) is 0 Å². The number of amides is 1. The van der Waals surface area contributed by atoms with E-state index in [-0.39, 0.29) is 11.0 Å². The summed E-state index contributed by atoms with van der Waals surface area (Å²) in [5, 5.41) is 14.2. The third-order valence-corrected chi connectivity index (χ3v) is 1.51. The van der Waals surface area contributed by atoms with Crippen molar-refractivity contribution in [2.75, 3.05) is 0 Å². The fraction of sp³-hybridized carbons (Fsp3) is 0.600. The van der Waals surface area contributed by atoms with E-state index in [0.29, 0.717) is 0 Å². The molecule has 0 aromatic carbocycles. The molecule has 3 N–H and O–H groups in total. The molecule has 0 radical (unpaired) electrons. The highest BCUT2D eigenvalue weighted by Crippen LogP contribution is 1.98. The van der Waals surface area contributed by atoms with Gasteiger partial charge in [0.2, 0.25) is 0 Å². The first kappa shape index (κ1) is 7.43. The van der Waals surface area contributed by atoms with Gasteiger partial charge in [0.1, 0.15) is 6.04 Å². The second-order valence-electron chi connectivity index (χ2n) is 2.18. The standard InChI is InChI=1S/C5H8N2O2S/c1-2(8)3-4(9)7-5(10)6-3/h2-3,8H,1H3,(H2,6,7,9,10)/t2-,3+/m1/s1. The lowest BCUT2D eigenvalue weighted by atomic mass is 10.2. The minimum atomic E-state index is -0.708. The van der Waals surface area contributed by atoms with Crippen LogP contribution in [-0.4, -0.2) is 28.3 Å². The molecule has 0 unspecified atom stereocenters. The van der Waals surface area contributed by atoms with Gasteiger partial charge in [-0.05, 0) is 19.1 Å². The van der Waals surface area contributed by atoms with Crippen LogP contribution in [0.2, 0.25) is 0 Å². The van der Waals surface area contributed by atoms with Crippen molar-refractivity contribution in [3.8, 4) is 0 Å². The maximum absolute atomic E-state index is 10.8. The lowest BCUT2D eigenvalue weighted by Gasteiger charge is -2.09. The number of nitrogens with one attached hydrogen (secondary N) is 2. The molecule has 1 rings (SSSR count). The average molecular weight is 160 g/mol. The fourth-order valence-corrected chi connectivity index (χ4v) is 1.000. The number of thiocarbonyl (C=S) groups is 1. The van der Waals surface area contributed by atoms with Crippen LogP contribution in [0, 0.1) is 0 Å². The largest absolute Gasteiger partial charge is 0.391 e. The molecule has 0 aromatic rings. The Balaban J connectivity index is 2.63. The molecule has 4 nitrogen and oxygen atoms in total. The van der Waals surface area contributed by atoms with Crippen molar-refractivity contribution in [1.82, 2.24) is 10.6 Å². The van der Waals surface area contributed by atoms with E-state index in [1.165, 1.54) is 6.92 Å². The fourth-order valence-electron chi connectivity index (χ4n) is 0.772. The summed E-state index contributed by atoms with van der Waals surface area (Å²) in [6.45, 7) is 1.53. The van der Waals surface area contributed by atoms with Gasteiger partial charge in [0.05, 0.1) is 6.10 Å². The first-order valence-electron chi connectivity index (χ1n) is 2.90. The van der Waals surface area contributed by atoms with Crippen molar-refractivity contribution in [2.45, 2.75) is 19.1 Å².